The molecular formula is C15H23Cl2FN2O. The quantitative estimate of drug-likeness (QED) is 0.890. The van der Waals surface area contributed by atoms with Crippen LogP contribution in [0.1, 0.15) is 30.0 Å². The Morgan fingerprint density at radius 1 is 1.24 bits per heavy atom. The van der Waals surface area contributed by atoms with E-state index in [9.17, 15) is 9.50 Å². The Labute approximate surface area is 137 Å². The van der Waals surface area contributed by atoms with Crippen molar-refractivity contribution in [1.82, 2.24) is 10.2 Å². The van der Waals surface area contributed by atoms with Gasteiger partial charge in [0, 0.05) is 37.8 Å². The SMILES string of the molecule is Cc1ccc(F)c(O)c1[C@H](C1CC1)N1CCNCC1.Cl.Cl. The van der Waals surface area contributed by atoms with Gasteiger partial charge < -0.3 is 10.4 Å². The number of benzene rings is 1. The molecule has 1 aromatic rings. The van der Waals surface area contributed by atoms with Crippen molar-refractivity contribution >= 4 is 24.8 Å². The van der Waals surface area contributed by atoms with Crippen LogP contribution in [0.15, 0.2) is 12.1 Å². The molecule has 3 rings (SSSR count). The molecule has 0 radical (unpaired) electrons. The van der Waals surface area contributed by atoms with Crippen LogP contribution in [-0.4, -0.2) is 36.2 Å². The average Bonchev–Trinajstić information content (AvgIpc) is 3.24. The number of phenolic OH excluding ortho intramolecular Hbond substituents is 1. The fraction of sp³-hybridized carbons (Fsp3) is 0.600. The van der Waals surface area contributed by atoms with Gasteiger partial charge in [-0.25, -0.2) is 4.39 Å². The standard InChI is InChI=1S/C15H21FN2O.2ClH/c1-10-2-5-12(16)15(19)13(10)14(11-3-4-11)18-8-6-17-7-9-18;;/h2,5,11,14,17,19H,3-4,6-9H2,1H3;2*1H/t14-;;/m0../s1. The zero-order valence-corrected chi connectivity index (χ0v) is 13.8. The van der Waals surface area contributed by atoms with Gasteiger partial charge in [0.2, 0.25) is 0 Å². The van der Waals surface area contributed by atoms with Gasteiger partial charge in [0.1, 0.15) is 0 Å². The first-order valence-electron chi connectivity index (χ1n) is 7.11. The summed E-state index contributed by atoms with van der Waals surface area (Å²) < 4.78 is 13.7. The van der Waals surface area contributed by atoms with Crippen molar-refractivity contribution < 1.29 is 9.50 Å². The summed E-state index contributed by atoms with van der Waals surface area (Å²) in [6.07, 6.45) is 2.37. The predicted molar refractivity (Wildman–Crippen MR) is 87.2 cm³/mol. The molecule has 1 aliphatic heterocycles. The van der Waals surface area contributed by atoms with Crippen LogP contribution >= 0.6 is 24.8 Å². The zero-order valence-electron chi connectivity index (χ0n) is 12.1. The highest BCUT2D eigenvalue weighted by molar-refractivity contribution is 5.85. The molecule has 0 amide bonds. The van der Waals surface area contributed by atoms with E-state index in [-0.39, 0.29) is 36.6 Å². The van der Waals surface area contributed by atoms with E-state index in [1.807, 2.05) is 6.92 Å². The minimum Gasteiger partial charge on any atom is -0.505 e. The van der Waals surface area contributed by atoms with Crippen LogP contribution in [-0.2, 0) is 0 Å². The van der Waals surface area contributed by atoms with Crippen molar-refractivity contribution in [3.05, 3.63) is 29.1 Å². The number of nitrogens with zero attached hydrogens (tertiary/aromatic N) is 1. The molecule has 3 nitrogen and oxygen atoms in total. The summed E-state index contributed by atoms with van der Waals surface area (Å²) >= 11 is 0. The summed E-state index contributed by atoms with van der Waals surface area (Å²) in [4.78, 5) is 2.40. The maximum atomic E-state index is 13.7. The van der Waals surface area contributed by atoms with E-state index in [2.05, 4.69) is 10.2 Å². The summed E-state index contributed by atoms with van der Waals surface area (Å²) in [7, 11) is 0. The lowest BCUT2D eigenvalue weighted by Crippen LogP contribution is -2.45. The molecule has 6 heteroatoms. The second kappa shape index (κ2) is 7.63. The van der Waals surface area contributed by atoms with E-state index < -0.39 is 5.82 Å². The molecule has 1 aromatic carbocycles. The van der Waals surface area contributed by atoms with E-state index in [0.29, 0.717) is 5.92 Å². The first-order valence-corrected chi connectivity index (χ1v) is 7.11. The molecule has 0 unspecified atom stereocenters. The first-order chi connectivity index (χ1) is 9.18. The Balaban J connectivity index is 0.00000110. The molecule has 1 heterocycles. The highest BCUT2D eigenvalue weighted by Gasteiger charge is 2.39. The van der Waals surface area contributed by atoms with Crippen molar-refractivity contribution in [2.24, 2.45) is 5.92 Å². The van der Waals surface area contributed by atoms with Gasteiger partial charge in [0.05, 0.1) is 0 Å². The molecular weight excluding hydrogens is 314 g/mol. The summed E-state index contributed by atoms with van der Waals surface area (Å²) in [6, 6.07) is 3.32. The largest absolute Gasteiger partial charge is 0.505 e. The van der Waals surface area contributed by atoms with Gasteiger partial charge in [-0.15, -0.1) is 24.8 Å². The Hall–Kier alpha value is -0.550. The summed E-state index contributed by atoms with van der Waals surface area (Å²) in [5.74, 6) is -0.0682. The molecule has 1 saturated carbocycles. The molecule has 2 aliphatic rings. The van der Waals surface area contributed by atoms with Gasteiger partial charge in [-0.1, -0.05) is 6.07 Å². The van der Waals surface area contributed by atoms with Gasteiger partial charge in [-0.05, 0) is 37.3 Å². The minimum absolute atomic E-state index is 0. The second-order valence-electron chi connectivity index (χ2n) is 5.69. The Morgan fingerprint density at radius 3 is 2.43 bits per heavy atom. The summed E-state index contributed by atoms with van der Waals surface area (Å²) in [6.45, 7) is 5.84. The maximum Gasteiger partial charge on any atom is 0.165 e. The van der Waals surface area contributed by atoms with Crippen LogP contribution in [0, 0.1) is 18.7 Å². The highest BCUT2D eigenvalue weighted by atomic mass is 35.5. The smallest absolute Gasteiger partial charge is 0.165 e. The highest BCUT2D eigenvalue weighted by Crippen LogP contribution is 2.48. The van der Waals surface area contributed by atoms with E-state index >= 15 is 0 Å². The van der Waals surface area contributed by atoms with Gasteiger partial charge in [-0.2, -0.15) is 0 Å². The van der Waals surface area contributed by atoms with E-state index in [4.69, 9.17) is 0 Å². The molecule has 1 atom stereocenters. The van der Waals surface area contributed by atoms with E-state index in [1.165, 1.54) is 18.9 Å². The molecule has 1 saturated heterocycles. The maximum absolute atomic E-state index is 13.7. The van der Waals surface area contributed by atoms with E-state index in [1.54, 1.807) is 6.07 Å². The van der Waals surface area contributed by atoms with Crippen molar-refractivity contribution in [3.8, 4) is 5.75 Å². The van der Waals surface area contributed by atoms with Crippen LogP contribution in [0.4, 0.5) is 4.39 Å². The monoisotopic (exact) mass is 336 g/mol. The van der Waals surface area contributed by atoms with Crippen LogP contribution in [0.2, 0.25) is 0 Å². The van der Waals surface area contributed by atoms with Gasteiger partial charge >= 0.3 is 0 Å². The van der Waals surface area contributed by atoms with Crippen molar-refractivity contribution in [1.29, 1.82) is 0 Å². The Kier molecular flexibility index (Phi) is 6.72. The second-order valence-corrected chi connectivity index (χ2v) is 5.69. The molecule has 0 spiro atoms. The lowest BCUT2D eigenvalue weighted by Gasteiger charge is -2.36. The number of phenols is 1. The van der Waals surface area contributed by atoms with Crippen LogP contribution in [0.25, 0.3) is 0 Å². The van der Waals surface area contributed by atoms with Crippen LogP contribution < -0.4 is 5.32 Å². The molecule has 2 N–H and O–H groups in total. The number of nitrogens with one attached hydrogen (secondary N) is 1. The molecule has 0 bridgehead atoms. The number of hydrogen-bond donors (Lipinski definition) is 2. The molecule has 1 aliphatic carbocycles. The lowest BCUT2D eigenvalue weighted by molar-refractivity contribution is 0.152. The van der Waals surface area contributed by atoms with Gasteiger partial charge in [0.15, 0.2) is 11.6 Å². The lowest BCUT2D eigenvalue weighted by atomic mass is 9.94. The molecule has 120 valence electrons. The number of piperazine rings is 1. The van der Waals surface area contributed by atoms with Crippen molar-refractivity contribution in [2.75, 3.05) is 26.2 Å². The van der Waals surface area contributed by atoms with E-state index in [0.717, 1.165) is 37.3 Å². The van der Waals surface area contributed by atoms with Crippen molar-refractivity contribution in [3.63, 3.8) is 0 Å². The van der Waals surface area contributed by atoms with Crippen LogP contribution in [0.3, 0.4) is 0 Å². The van der Waals surface area contributed by atoms with Crippen molar-refractivity contribution in [2.45, 2.75) is 25.8 Å². The Bertz CT molecular complexity index is 477. The molecule has 21 heavy (non-hydrogen) atoms. The topological polar surface area (TPSA) is 35.5 Å². The zero-order chi connectivity index (χ0) is 13.4. The van der Waals surface area contributed by atoms with Gasteiger partial charge in [-0.3, -0.25) is 4.90 Å². The summed E-state index contributed by atoms with van der Waals surface area (Å²) in [5.41, 5.74) is 1.80. The normalized spacial score (nSPS) is 20.3. The number of hydrogen-bond acceptors (Lipinski definition) is 3. The fourth-order valence-corrected chi connectivity index (χ4v) is 3.14. The number of halogens is 3. The first kappa shape index (κ1) is 18.5. The minimum atomic E-state index is -0.499. The van der Waals surface area contributed by atoms with Gasteiger partial charge in [0.25, 0.3) is 0 Å². The number of aromatic hydroxyl groups is 1. The number of rotatable bonds is 3. The van der Waals surface area contributed by atoms with Crippen LogP contribution in [0.5, 0.6) is 5.75 Å². The number of aryl methyl sites for hydroxylation is 1. The third-order valence-corrected chi connectivity index (χ3v) is 4.30. The average molecular weight is 337 g/mol. The Morgan fingerprint density at radius 2 is 1.86 bits per heavy atom. The fourth-order valence-electron chi connectivity index (χ4n) is 3.14. The molecule has 2 fully saturated rings. The summed E-state index contributed by atoms with van der Waals surface area (Å²) in [5, 5.41) is 13.5. The third-order valence-electron chi connectivity index (χ3n) is 4.30. The predicted octanol–water partition coefficient (Wildman–Crippen LogP) is 3.04. The molecule has 0 aromatic heterocycles. The third kappa shape index (κ3) is 3.81.